The molecule has 0 bridgehead atoms. The highest BCUT2D eigenvalue weighted by Gasteiger charge is 2.41. The third kappa shape index (κ3) is 6.04. The van der Waals surface area contributed by atoms with Gasteiger partial charge in [-0.15, -0.1) is 0 Å². The van der Waals surface area contributed by atoms with Gasteiger partial charge in [0.25, 0.3) is 0 Å². The van der Waals surface area contributed by atoms with Crippen molar-refractivity contribution in [1.29, 1.82) is 0 Å². The molecule has 188 valence electrons. The summed E-state index contributed by atoms with van der Waals surface area (Å²) >= 11 is 0. The highest BCUT2D eigenvalue weighted by Crippen LogP contribution is 2.47. The highest BCUT2D eigenvalue weighted by atomic mass is 16.6. The van der Waals surface area contributed by atoms with Crippen LogP contribution >= 0.6 is 0 Å². The molecule has 0 aliphatic carbocycles. The number of esters is 2. The zero-order valence-electron chi connectivity index (χ0n) is 22.1. The van der Waals surface area contributed by atoms with Gasteiger partial charge in [0.1, 0.15) is 17.0 Å². The first-order valence-corrected chi connectivity index (χ1v) is 11.1. The summed E-state index contributed by atoms with van der Waals surface area (Å²) in [6, 6.07) is 3.38. The van der Waals surface area contributed by atoms with E-state index in [-0.39, 0.29) is 11.1 Å². The Bertz CT molecular complexity index is 973. The first kappa shape index (κ1) is 27.1. The number of hydrogen-bond acceptors (Lipinski definition) is 8. The monoisotopic (exact) mass is 475 g/mol. The Hall–Kier alpha value is -3.16. The van der Waals surface area contributed by atoms with Crippen LogP contribution in [0, 0.1) is 0 Å². The first-order chi connectivity index (χ1) is 15.6. The van der Waals surface area contributed by atoms with Gasteiger partial charge in [-0.3, -0.25) is 0 Å². The van der Waals surface area contributed by atoms with Crippen LogP contribution < -0.4 is 19.5 Å². The van der Waals surface area contributed by atoms with Gasteiger partial charge in [-0.1, -0.05) is 0 Å². The number of methoxy groups -OCH3 is 3. The average Bonchev–Trinajstić information content (AvgIpc) is 2.69. The lowest BCUT2D eigenvalue weighted by molar-refractivity contribution is -0.150. The molecule has 1 aliphatic heterocycles. The van der Waals surface area contributed by atoms with Crippen molar-refractivity contribution < 1.29 is 33.3 Å². The van der Waals surface area contributed by atoms with Gasteiger partial charge in [-0.2, -0.15) is 0 Å². The number of carbonyl (C=O) groups excluding carboxylic acids is 2. The van der Waals surface area contributed by atoms with Crippen molar-refractivity contribution in [3.8, 4) is 17.2 Å². The van der Waals surface area contributed by atoms with Gasteiger partial charge in [-0.25, -0.2) is 9.59 Å². The second-order valence-electron chi connectivity index (χ2n) is 10.1. The maximum Gasteiger partial charge on any atom is 0.337 e. The third-order valence-corrected chi connectivity index (χ3v) is 5.04. The van der Waals surface area contributed by atoms with Crippen LogP contribution in [0.25, 0.3) is 0 Å². The number of ether oxygens (including phenoxy) is 5. The number of nitrogens with one attached hydrogen (secondary N) is 1. The maximum atomic E-state index is 13.5. The number of dihydropyridines is 1. The quantitative estimate of drug-likeness (QED) is 0.596. The minimum atomic E-state index is -0.833. The summed E-state index contributed by atoms with van der Waals surface area (Å²) in [6.45, 7) is 14.3. The molecule has 1 aromatic carbocycles. The largest absolute Gasteiger partial charge is 0.496 e. The number of hydrogen-bond donors (Lipinski definition) is 1. The predicted octanol–water partition coefficient (Wildman–Crippen LogP) is 4.63. The van der Waals surface area contributed by atoms with Crippen molar-refractivity contribution >= 4 is 11.9 Å². The Morgan fingerprint density at radius 2 is 1.09 bits per heavy atom. The molecule has 2 rings (SSSR count). The van der Waals surface area contributed by atoms with Crippen molar-refractivity contribution in [3.05, 3.63) is 40.2 Å². The summed E-state index contributed by atoms with van der Waals surface area (Å²) in [5.74, 6) is -0.621. The molecule has 1 aromatic rings. The van der Waals surface area contributed by atoms with Crippen LogP contribution in [0.5, 0.6) is 17.2 Å². The van der Waals surface area contributed by atoms with Crippen LogP contribution in [-0.4, -0.2) is 44.5 Å². The van der Waals surface area contributed by atoms with Gasteiger partial charge in [0, 0.05) is 23.0 Å². The van der Waals surface area contributed by atoms with E-state index in [0.717, 1.165) is 0 Å². The van der Waals surface area contributed by atoms with Crippen molar-refractivity contribution in [1.82, 2.24) is 5.32 Å². The summed E-state index contributed by atoms with van der Waals surface area (Å²) in [4.78, 5) is 26.9. The smallest absolute Gasteiger partial charge is 0.337 e. The molecule has 8 nitrogen and oxygen atoms in total. The van der Waals surface area contributed by atoms with Crippen molar-refractivity contribution in [2.75, 3.05) is 21.3 Å². The molecule has 0 unspecified atom stereocenters. The van der Waals surface area contributed by atoms with Crippen molar-refractivity contribution in [2.24, 2.45) is 0 Å². The summed E-state index contributed by atoms with van der Waals surface area (Å²) in [5, 5.41) is 3.16. The summed E-state index contributed by atoms with van der Waals surface area (Å²) in [6.07, 6.45) is 0. The van der Waals surface area contributed by atoms with Crippen molar-refractivity contribution in [2.45, 2.75) is 72.5 Å². The Morgan fingerprint density at radius 1 is 0.706 bits per heavy atom. The lowest BCUT2D eigenvalue weighted by Crippen LogP contribution is -2.36. The molecule has 0 radical (unpaired) electrons. The number of carbonyl (C=O) groups is 2. The van der Waals surface area contributed by atoms with Gasteiger partial charge >= 0.3 is 11.9 Å². The van der Waals surface area contributed by atoms with E-state index in [0.29, 0.717) is 34.2 Å². The molecule has 8 heteroatoms. The van der Waals surface area contributed by atoms with Crippen LogP contribution in [-0.2, 0) is 19.1 Å². The molecule has 0 saturated carbocycles. The highest BCUT2D eigenvalue weighted by molar-refractivity contribution is 6.00. The van der Waals surface area contributed by atoms with Crippen LogP contribution in [0.2, 0.25) is 0 Å². The fraction of sp³-hybridized carbons (Fsp3) is 0.538. The topological polar surface area (TPSA) is 92.3 Å². The molecule has 0 saturated heterocycles. The Kier molecular flexibility index (Phi) is 7.96. The van der Waals surface area contributed by atoms with Gasteiger partial charge < -0.3 is 29.0 Å². The molecule has 0 aromatic heterocycles. The zero-order valence-corrected chi connectivity index (χ0v) is 22.1. The molecular formula is C26H37NO7. The Balaban J connectivity index is 2.85. The Morgan fingerprint density at radius 3 is 1.44 bits per heavy atom. The van der Waals surface area contributed by atoms with Gasteiger partial charge in [0.05, 0.1) is 38.4 Å². The molecular weight excluding hydrogens is 438 g/mol. The van der Waals surface area contributed by atoms with E-state index >= 15 is 0 Å². The van der Waals surface area contributed by atoms with Gasteiger partial charge in [0.15, 0.2) is 11.5 Å². The minimum absolute atomic E-state index is 0.284. The normalized spacial score (nSPS) is 15.0. The van der Waals surface area contributed by atoms with Crippen LogP contribution in [0.3, 0.4) is 0 Å². The Labute approximate surface area is 202 Å². The molecule has 1 heterocycles. The summed E-state index contributed by atoms with van der Waals surface area (Å²) in [7, 11) is 4.55. The second-order valence-corrected chi connectivity index (χ2v) is 10.1. The molecule has 0 atom stereocenters. The predicted molar refractivity (Wildman–Crippen MR) is 129 cm³/mol. The average molecular weight is 476 g/mol. The van der Waals surface area contributed by atoms with Gasteiger partial charge in [0.2, 0.25) is 0 Å². The van der Waals surface area contributed by atoms with Crippen LogP contribution in [0.1, 0.15) is 66.9 Å². The minimum Gasteiger partial charge on any atom is -0.496 e. The summed E-state index contributed by atoms with van der Waals surface area (Å²) < 4.78 is 28.1. The lowest BCUT2D eigenvalue weighted by atomic mass is 9.79. The van der Waals surface area contributed by atoms with Gasteiger partial charge in [-0.05, 0) is 61.5 Å². The molecule has 0 fully saturated rings. The molecule has 0 spiro atoms. The fourth-order valence-electron chi connectivity index (χ4n) is 3.79. The van der Waals surface area contributed by atoms with Crippen LogP contribution in [0.4, 0.5) is 0 Å². The maximum absolute atomic E-state index is 13.5. The number of rotatable bonds is 6. The van der Waals surface area contributed by atoms with E-state index in [9.17, 15) is 9.59 Å². The zero-order chi connectivity index (χ0) is 26.0. The number of benzene rings is 1. The third-order valence-electron chi connectivity index (χ3n) is 5.04. The standard InChI is InChI=1S/C26H37NO7/c1-14-20(23(28)33-25(3,4)5)22(21(15(2)27-14)24(29)34-26(6,7)8)16-12-18(31-10)19(32-11)13-17(16)30-9/h12-13,22,27H,1-11H3. The molecule has 0 amide bonds. The van der Waals surface area contributed by atoms with E-state index in [2.05, 4.69) is 5.32 Å². The van der Waals surface area contributed by atoms with E-state index in [1.54, 1.807) is 67.5 Å². The second kappa shape index (κ2) is 9.99. The van der Waals surface area contributed by atoms with Crippen LogP contribution in [0.15, 0.2) is 34.7 Å². The fourth-order valence-corrected chi connectivity index (χ4v) is 3.79. The number of allylic oxidation sites excluding steroid dienone is 2. The van der Waals surface area contributed by atoms with E-state index < -0.39 is 29.1 Å². The first-order valence-electron chi connectivity index (χ1n) is 11.1. The van der Waals surface area contributed by atoms with E-state index in [1.807, 2.05) is 0 Å². The van der Waals surface area contributed by atoms with E-state index in [1.165, 1.54) is 21.3 Å². The van der Waals surface area contributed by atoms with Crippen molar-refractivity contribution in [3.63, 3.8) is 0 Å². The molecule has 34 heavy (non-hydrogen) atoms. The van der Waals surface area contributed by atoms with E-state index in [4.69, 9.17) is 23.7 Å². The molecule has 1 N–H and O–H groups in total. The molecule has 1 aliphatic rings. The summed E-state index contributed by atoms with van der Waals surface area (Å²) in [5.41, 5.74) is 0.778. The SMILES string of the molecule is COc1cc(OC)c(C2C(C(=O)OC(C)(C)C)=C(C)NC(C)=C2C(=O)OC(C)(C)C)cc1OC. The lowest BCUT2D eigenvalue weighted by Gasteiger charge is -2.34.